The monoisotopic (exact) mass is 418 g/mol. The number of carbonyl (C=O) groups is 2. The number of halogens is 1. The van der Waals surface area contributed by atoms with E-state index in [0.717, 1.165) is 5.56 Å². The minimum atomic E-state index is -1.04. The minimum absolute atomic E-state index is 0.218. The van der Waals surface area contributed by atoms with Gasteiger partial charge >= 0.3 is 11.5 Å². The predicted molar refractivity (Wildman–Crippen MR) is 110 cm³/mol. The maximum Gasteiger partial charge on any atom is 0.408 e. The van der Waals surface area contributed by atoms with Gasteiger partial charge in [0.25, 0.3) is 0 Å². The summed E-state index contributed by atoms with van der Waals surface area (Å²) in [5.41, 5.74) is 2.04. The molecule has 29 heavy (non-hydrogen) atoms. The summed E-state index contributed by atoms with van der Waals surface area (Å²) in [6, 6.07) is 12.0. The molecule has 1 heterocycles. The van der Waals surface area contributed by atoms with Crippen LogP contribution in [-0.4, -0.2) is 41.7 Å². The average Bonchev–Trinajstić information content (AvgIpc) is 2.70. The van der Waals surface area contributed by atoms with Crippen LogP contribution < -0.4 is 14.4 Å². The van der Waals surface area contributed by atoms with Crippen LogP contribution in [0.25, 0.3) is 0 Å². The maximum absolute atomic E-state index is 12.2. The molecule has 0 aromatic heterocycles. The van der Waals surface area contributed by atoms with Gasteiger partial charge in [0.2, 0.25) is 0 Å². The standard InChI is InChI=1S/C21H23ClN2O5/c1-13-9-16(23(21(26)27)12-14-7-5-4-6-8-14)15-10-18(28-2)19(29-3)11-17(15)24(13)20(22)25/h4-8,10-11,13,16H,9,12H2,1-3H3,(H,26,27). The van der Waals surface area contributed by atoms with Crippen molar-refractivity contribution < 1.29 is 24.2 Å². The van der Waals surface area contributed by atoms with Crippen molar-refractivity contribution in [1.82, 2.24) is 4.90 Å². The lowest BCUT2D eigenvalue weighted by Gasteiger charge is -2.42. The second-order valence-corrected chi connectivity index (χ2v) is 7.21. The van der Waals surface area contributed by atoms with E-state index < -0.39 is 17.5 Å². The second kappa shape index (κ2) is 8.61. The third-order valence-corrected chi connectivity index (χ3v) is 5.35. The number of fused-ring (bicyclic) bond motifs is 1. The van der Waals surface area contributed by atoms with Crippen molar-refractivity contribution in [3.05, 3.63) is 53.6 Å². The summed E-state index contributed by atoms with van der Waals surface area (Å²) in [7, 11) is 3.01. The number of hydrogen-bond acceptors (Lipinski definition) is 4. The molecule has 0 saturated carbocycles. The van der Waals surface area contributed by atoms with Crippen LogP contribution in [0, 0.1) is 0 Å². The predicted octanol–water partition coefficient (Wildman–Crippen LogP) is 4.88. The lowest BCUT2D eigenvalue weighted by Crippen LogP contribution is -2.45. The summed E-state index contributed by atoms with van der Waals surface area (Å²) < 4.78 is 10.8. The van der Waals surface area contributed by atoms with Gasteiger partial charge in [-0.1, -0.05) is 30.3 Å². The van der Waals surface area contributed by atoms with Crippen molar-refractivity contribution in [2.45, 2.75) is 32.0 Å². The first-order chi connectivity index (χ1) is 13.9. The number of benzene rings is 2. The van der Waals surface area contributed by atoms with E-state index in [0.29, 0.717) is 29.2 Å². The van der Waals surface area contributed by atoms with Crippen LogP contribution in [-0.2, 0) is 6.54 Å². The van der Waals surface area contributed by atoms with E-state index in [1.54, 1.807) is 12.1 Å². The van der Waals surface area contributed by atoms with Gasteiger partial charge in [0.15, 0.2) is 11.5 Å². The number of carboxylic acid groups (broad SMARTS) is 1. The van der Waals surface area contributed by atoms with Crippen molar-refractivity contribution >= 4 is 28.7 Å². The number of anilines is 1. The number of carbonyl (C=O) groups excluding carboxylic acids is 1. The van der Waals surface area contributed by atoms with Crippen LogP contribution in [0.15, 0.2) is 42.5 Å². The fourth-order valence-corrected chi connectivity index (χ4v) is 4.06. The molecule has 8 heteroatoms. The third kappa shape index (κ3) is 4.10. The zero-order valence-electron chi connectivity index (χ0n) is 16.5. The topological polar surface area (TPSA) is 79.3 Å². The molecule has 7 nitrogen and oxygen atoms in total. The lowest BCUT2D eigenvalue weighted by molar-refractivity contribution is 0.113. The number of hydrogen-bond donors (Lipinski definition) is 1. The van der Waals surface area contributed by atoms with Gasteiger partial charge in [0.05, 0.1) is 25.9 Å². The van der Waals surface area contributed by atoms with E-state index in [9.17, 15) is 14.7 Å². The number of nitrogens with zero attached hydrogens (tertiary/aromatic N) is 2. The fourth-order valence-electron chi connectivity index (χ4n) is 3.81. The molecular formula is C21H23ClN2O5. The Bertz CT molecular complexity index is 905. The highest BCUT2D eigenvalue weighted by molar-refractivity contribution is 6.66. The number of amides is 2. The lowest BCUT2D eigenvalue weighted by atomic mass is 9.90. The molecule has 0 saturated heterocycles. The zero-order valence-corrected chi connectivity index (χ0v) is 17.2. The van der Waals surface area contributed by atoms with Gasteiger partial charge in [-0.2, -0.15) is 0 Å². The molecule has 2 unspecified atom stereocenters. The quantitative estimate of drug-likeness (QED) is 0.552. The van der Waals surface area contributed by atoms with E-state index >= 15 is 0 Å². The van der Waals surface area contributed by atoms with Crippen molar-refractivity contribution in [1.29, 1.82) is 0 Å². The van der Waals surface area contributed by atoms with Gasteiger partial charge in [-0.25, -0.2) is 4.79 Å². The smallest absolute Gasteiger partial charge is 0.408 e. The molecule has 2 atom stereocenters. The Hall–Kier alpha value is -2.93. The Morgan fingerprint density at radius 3 is 2.34 bits per heavy atom. The largest absolute Gasteiger partial charge is 0.493 e. The second-order valence-electron chi connectivity index (χ2n) is 6.89. The van der Waals surface area contributed by atoms with E-state index in [1.165, 1.54) is 24.0 Å². The van der Waals surface area contributed by atoms with E-state index in [4.69, 9.17) is 21.1 Å². The Labute approximate surface area is 174 Å². The highest BCUT2D eigenvalue weighted by atomic mass is 35.5. The first kappa shape index (κ1) is 20.8. The van der Waals surface area contributed by atoms with Crippen LogP contribution >= 0.6 is 11.6 Å². The summed E-state index contributed by atoms with van der Waals surface area (Å²) in [5.74, 6) is 0.893. The fraction of sp³-hybridized carbons (Fsp3) is 0.333. The van der Waals surface area contributed by atoms with Crippen LogP contribution in [0.4, 0.5) is 15.3 Å². The molecule has 1 aliphatic rings. The number of ether oxygens (including phenoxy) is 2. The Morgan fingerprint density at radius 1 is 1.17 bits per heavy atom. The van der Waals surface area contributed by atoms with Crippen molar-refractivity contribution in [2.24, 2.45) is 0 Å². The van der Waals surface area contributed by atoms with E-state index in [1.807, 2.05) is 37.3 Å². The molecule has 2 aromatic carbocycles. The number of methoxy groups -OCH3 is 2. The highest BCUT2D eigenvalue weighted by Crippen LogP contribution is 2.46. The molecule has 1 N–H and O–H groups in total. The first-order valence-corrected chi connectivity index (χ1v) is 9.53. The summed E-state index contributed by atoms with van der Waals surface area (Å²) in [6.45, 7) is 2.06. The molecular weight excluding hydrogens is 396 g/mol. The highest BCUT2D eigenvalue weighted by Gasteiger charge is 2.39. The van der Waals surface area contributed by atoms with Gasteiger partial charge in [-0.15, -0.1) is 0 Å². The molecule has 2 amide bonds. The van der Waals surface area contributed by atoms with Crippen molar-refractivity contribution in [2.75, 3.05) is 19.1 Å². The Balaban J connectivity index is 2.12. The molecule has 0 fully saturated rings. The molecule has 0 aliphatic carbocycles. The molecule has 0 radical (unpaired) electrons. The molecule has 3 rings (SSSR count). The van der Waals surface area contributed by atoms with E-state index in [-0.39, 0.29) is 12.6 Å². The summed E-state index contributed by atoms with van der Waals surface area (Å²) in [6.07, 6.45) is -0.641. The van der Waals surface area contributed by atoms with Gasteiger partial charge in [-0.05, 0) is 36.6 Å². The summed E-state index contributed by atoms with van der Waals surface area (Å²) >= 11 is 5.85. The first-order valence-electron chi connectivity index (χ1n) is 9.15. The molecule has 154 valence electrons. The van der Waals surface area contributed by atoms with Crippen LogP contribution in [0.1, 0.15) is 30.5 Å². The Kier molecular flexibility index (Phi) is 6.17. The zero-order chi connectivity index (χ0) is 21.1. The van der Waals surface area contributed by atoms with Crippen molar-refractivity contribution in [3.8, 4) is 11.5 Å². The molecule has 2 aromatic rings. The van der Waals surface area contributed by atoms with Crippen LogP contribution in [0.3, 0.4) is 0 Å². The third-order valence-electron chi connectivity index (χ3n) is 5.16. The van der Waals surface area contributed by atoms with Crippen molar-refractivity contribution in [3.63, 3.8) is 0 Å². The summed E-state index contributed by atoms with van der Waals surface area (Å²) in [4.78, 5) is 27.1. The van der Waals surface area contributed by atoms with Crippen LogP contribution in [0.5, 0.6) is 11.5 Å². The van der Waals surface area contributed by atoms with Gasteiger partial charge in [-0.3, -0.25) is 14.6 Å². The van der Waals surface area contributed by atoms with Gasteiger partial charge in [0, 0.05) is 24.2 Å². The Morgan fingerprint density at radius 2 is 1.79 bits per heavy atom. The number of rotatable bonds is 5. The molecule has 0 bridgehead atoms. The van der Waals surface area contributed by atoms with Gasteiger partial charge < -0.3 is 14.6 Å². The average molecular weight is 419 g/mol. The van der Waals surface area contributed by atoms with Crippen LogP contribution in [0.2, 0.25) is 0 Å². The maximum atomic E-state index is 12.2. The molecule has 1 aliphatic heterocycles. The normalized spacial score (nSPS) is 18.0. The van der Waals surface area contributed by atoms with E-state index in [2.05, 4.69) is 0 Å². The minimum Gasteiger partial charge on any atom is -0.493 e. The molecule has 0 spiro atoms. The van der Waals surface area contributed by atoms with Gasteiger partial charge in [0.1, 0.15) is 0 Å². The SMILES string of the molecule is COc1cc2c(cc1OC)N(C(=O)Cl)C(C)CC2N(Cc1ccccc1)C(=O)O. The summed E-state index contributed by atoms with van der Waals surface area (Å²) in [5, 5.41) is 9.33.